The van der Waals surface area contributed by atoms with Gasteiger partial charge in [0, 0.05) is 0 Å². The third-order valence-corrected chi connectivity index (χ3v) is 1.46. The van der Waals surface area contributed by atoms with Crippen molar-refractivity contribution < 1.29 is 19.1 Å². The topological polar surface area (TPSA) is 52.6 Å². The Kier molecular flexibility index (Phi) is 4.00. The lowest BCUT2D eigenvalue weighted by atomic mass is 10.2. The van der Waals surface area contributed by atoms with E-state index in [1.54, 1.807) is 12.1 Å². The molecule has 0 atom stereocenters. The quantitative estimate of drug-likeness (QED) is 0.464. The summed E-state index contributed by atoms with van der Waals surface area (Å²) < 4.78 is 8.64. The van der Waals surface area contributed by atoms with Gasteiger partial charge in [0.15, 0.2) is 0 Å². The predicted molar refractivity (Wildman–Crippen MR) is 52.1 cm³/mol. The zero-order chi connectivity index (χ0) is 10.4. The summed E-state index contributed by atoms with van der Waals surface area (Å²) in [6, 6.07) is 9.05. The Balaban J connectivity index is 2.34. The van der Waals surface area contributed by atoms with E-state index in [1.165, 1.54) is 0 Å². The van der Waals surface area contributed by atoms with Crippen molar-refractivity contribution in [3.05, 3.63) is 35.9 Å². The molecule has 0 heterocycles. The van der Waals surface area contributed by atoms with Gasteiger partial charge in [-0.15, -0.1) is 0 Å². The zero-order valence-corrected chi connectivity index (χ0v) is 8.07. The van der Waals surface area contributed by atoms with Gasteiger partial charge in [-0.25, -0.2) is 9.59 Å². The minimum Gasteiger partial charge on any atom is -0.429 e. The average Bonchev–Trinajstić information content (AvgIpc) is 2.15. The highest BCUT2D eigenvalue weighted by atomic mass is 32.1. The molecule has 1 aromatic rings. The molecule has 5 heteroatoms. The van der Waals surface area contributed by atoms with Crippen LogP contribution in [0.1, 0.15) is 5.56 Å². The molecule has 0 aliphatic carbocycles. The molecule has 0 fully saturated rings. The molecule has 0 aliphatic rings. The van der Waals surface area contributed by atoms with Gasteiger partial charge in [-0.2, -0.15) is 0 Å². The van der Waals surface area contributed by atoms with Crippen molar-refractivity contribution in [2.24, 2.45) is 0 Å². The van der Waals surface area contributed by atoms with Gasteiger partial charge in [-0.1, -0.05) is 43.0 Å². The predicted octanol–water partition coefficient (Wildman–Crippen LogP) is 2.39. The van der Waals surface area contributed by atoms with Crippen LogP contribution in [0.5, 0.6) is 0 Å². The number of thiol groups is 1. The molecule has 0 amide bonds. The van der Waals surface area contributed by atoms with Crippen molar-refractivity contribution in [3.63, 3.8) is 0 Å². The van der Waals surface area contributed by atoms with Crippen molar-refractivity contribution in [1.29, 1.82) is 0 Å². The standard InChI is InChI=1S/C9H8O4S/c10-8(13-9(11)14)12-6-7-4-2-1-3-5-7/h1-5H,6H2,(H,11,14). The molecule has 1 aromatic carbocycles. The lowest BCUT2D eigenvalue weighted by Gasteiger charge is -2.02. The highest BCUT2D eigenvalue weighted by Gasteiger charge is 2.07. The monoisotopic (exact) mass is 212 g/mol. The lowest BCUT2D eigenvalue weighted by molar-refractivity contribution is 0.0779. The van der Waals surface area contributed by atoms with E-state index >= 15 is 0 Å². The van der Waals surface area contributed by atoms with Crippen LogP contribution >= 0.6 is 12.6 Å². The largest absolute Gasteiger partial charge is 0.517 e. The Morgan fingerprint density at radius 3 is 2.43 bits per heavy atom. The van der Waals surface area contributed by atoms with E-state index in [0.717, 1.165) is 5.56 Å². The highest BCUT2D eigenvalue weighted by molar-refractivity contribution is 7.96. The minimum atomic E-state index is -1.05. The van der Waals surface area contributed by atoms with Crippen molar-refractivity contribution in [2.75, 3.05) is 0 Å². The second-order valence-corrected chi connectivity index (χ2v) is 2.76. The summed E-state index contributed by atoms with van der Waals surface area (Å²) in [4.78, 5) is 20.9. The summed E-state index contributed by atoms with van der Waals surface area (Å²) in [5.41, 5.74) is 0.816. The summed E-state index contributed by atoms with van der Waals surface area (Å²) in [6.07, 6.45) is -1.05. The molecule has 0 saturated heterocycles. The molecule has 0 N–H and O–H groups in total. The maximum absolute atomic E-state index is 10.7. The summed E-state index contributed by atoms with van der Waals surface area (Å²) in [5, 5.41) is -0.983. The summed E-state index contributed by atoms with van der Waals surface area (Å²) in [5.74, 6) is 0. The Hall–Kier alpha value is -1.49. The number of carbonyl (C=O) groups excluding carboxylic acids is 2. The highest BCUT2D eigenvalue weighted by Crippen LogP contribution is 2.02. The molecule has 4 nitrogen and oxygen atoms in total. The molecule has 14 heavy (non-hydrogen) atoms. The molecule has 0 aromatic heterocycles. The molecule has 74 valence electrons. The van der Waals surface area contributed by atoms with Crippen LogP contribution in [0.4, 0.5) is 9.59 Å². The average molecular weight is 212 g/mol. The fourth-order valence-corrected chi connectivity index (χ4v) is 0.892. The molecule has 0 spiro atoms. The van der Waals surface area contributed by atoms with E-state index in [2.05, 4.69) is 22.1 Å². The van der Waals surface area contributed by atoms with Crippen LogP contribution in [-0.2, 0) is 16.1 Å². The van der Waals surface area contributed by atoms with Crippen molar-refractivity contribution in [1.82, 2.24) is 0 Å². The van der Waals surface area contributed by atoms with Crippen LogP contribution in [0.3, 0.4) is 0 Å². The van der Waals surface area contributed by atoms with Gasteiger partial charge >= 0.3 is 11.5 Å². The minimum absolute atomic E-state index is 0.0702. The van der Waals surface area contributed by atoms with Crippen molar-refractivity contribution >= 4 is 24.1 Å². The zero-order valence-electron chi connectivity index (χ0n) is 7.17. The maximum atomic E-state index is 10.7. The molecular weight excluding hydrogens is 204 g/mol. The fraction of sp³-hybridized carbons (Fsp3) is 0.111. The van der Waals surface area contributed by atoms with Gasteiger partial charge in [0.05, 0.1) is 0 Å². The van der Waals surface area contributed by atoms with Crippen LogP contribution in [0.25, 0.3) is 0 Å². The summed E-state index contributed by atoms with van der Waals surface area (Å²) in [6.45, 7) is 0.0702. The summed E-state index contributed by atoms with van der Waals surface area (Å²) >= 11 is 3.26. The molecule has 0 saturated carbocycles. The van der Waals surface area contributed by atoms with Gasteiger partial charge in [0.2, 0.25) is 0 Å². The third kappa shape index (κ3) is 3.95. The number of benzene rings is 1. The molecule has 0 aliphatic heterocycles. The van der Waals surface area contributed by atoms with Crippen LogP contribution in [-0.4, -0.2) is 11.5 Å². The van der Waals surface area contributed by atoms with Crippen LogP contribution in [0, 0.1) is 0 Å². The van der Waals surface area contributed by atoms with Gasteiger partial charge in [0.25, 0.3) is 0 Å². The van der Waals surface area contributed by atoms with Crippen molar-refractivity contribution in [2.45, 2.75) is 6.61 Å². The second-order valence-electron chi connectivity index (χ2n) is 2.39. The lowest BCUT2D eigenvalue weighted by Crippen LogP contribution is -2.08. The van der Waals surface area contributed by atoms with E-state index < -0.39 is 11.5 Å². The van der Waals surface area contributed by atoms with Gasteiger partial charge in [-0.05, 0) is 5.56 Å². The van der Waals surface area contributed by atoms with E-state index in [4.69, 9.17) is 0 Å². The van der Waals surface area contributed by atoms with Gasteiger partial charge < -0.3 is 9.47 Å². The summed E-state index contributed by atoms with van der Waals surface area (Å²) in [7, 11) is 0. The van der Waals surface area contributed by atoms with Crippen LogP contribution in [0.15, 0.2) is 30.3 Å². The Labute approximate surface area is 86.2 Å². The Bertz CT molecular complexity index is 323. The molecule has 0 radical (unpaired) electrons. The first-order chi connectivity index (χ1) is 6.68. The number of rotatable bonds is 2. The molecule has 0 bridgehead atoms. The van der Waals surface area contributed by atoms with Crippen LogP contribution in [0.2, 0.25) is 0 Å². The SMILES string of the molecule is O=C(S)OC(=O)OCc1ccccc1. The fourth-order valence-electron chi connectivity index (χ4n) is 0.817. The third-order valence-electron chi connectivity index (χ3n) is 1.37. The smallest absolute Gasteiger partial charge is 0.429 e. The van der Waals surface area contributed by atoms with E-state index in [9.17, 15) is 9.59 Å². The number of hydrogen-bond acceptors (Lipinski definition) is 4. The molecule has 1 rings (SSSR count). The molecule has 0 unspecified atom stereocenters. The van der Waals surface area contributed by atoms with Crippen molar-refractivity contribution in [3.8, 4) is 0 Å². The maximum Gasteiger partial charge on any atom is 0.517 e. The van der Waals surface area contributed by atoms with E-state index in [1.807, 2.05) is 18.2 Å². The Morgan fingerprint density at radius 1 is 1.21 bits per heavy atom. The van der Waals surface area contributed by atoms with E-state index in [-0.39, 0.29) is 6.61 Å². The number of carbonyl (C=O) groups is 2. The first-order valence-corrected chi connectivity index (χ1v) is 4.24. The second kappa shape index (κ2) is 5.29. The first kappa shape index (κ1) is 10.6. The first-order valence-electron chi connectivity index (χ1n) is 3.80. The van der Waals surface area contributed by atoms with Gasteiger partial charge in [0.1, 0.15) is 6.61 Å². The van der Waals surface area contributed by atoms with Gasteiger partial charge in [-0.3, -0.25) is 0 Å². The molecular formula is C9H8O4S. The van der Waals surface area contributed by atoms with E-state index in [0.29, 0.717) is 0 Å². The Morgan fingerprint density at radius 2 is 1.86 bits per heavy atom. The van der Waals surface area contributed by atoms with Crippen LogP contribution < -0.4 is 0 Å². The number of hydrogen-bond donors (Lipinski definition) is 1. The number of ether oxygens (including phenoxy) is 2. The normalized spacial score (nSPS) is 9.21.